The maximum atomic E-state index is 11.3. The molecule has 0 saturated carbocycles. The molecule has 90 valence electrons. The predicted octanol–water partition coefficient (Wildman–Crippen LogP) is 1.97. The van der Waals surface area contributed by atoms with Crippen LogP contribution in [-0.4, -0.2) is 35.1 Å². The van der Waals surface area contributed by atoms with Gasteiger partial charge in [0, 0.05) is 11.9 Å². The number of nitrogens with one attached hydrogen (secondary N) is 1. The van der Waals surface area contributed by atoms with Gasteiger partial charge in [-0.05, 0) is 32.1 Å². The Morgan fingerprint density at radius 2 is 2.06 bits per heavy atom. The van der Waals surface area contributed by atoms with E-state index < -0.39 is 11.9 Å². The van der Waals surface area contributed by atoms with E-state index in [-0.39, 0.29) is 12.0 Å². The summed E-state index contributed by atoms with van der Waals surface area (Å²) in [5.74, 6) is -1.06. The summed E-state index contributed by atoms with van der Waals surface area (Å²) < 4.78 is 0. The van der Waals surface area contributed by atoms with Gasteiger partial charge in [0.2, 0.25) is 0 Å². The minimum absolute atomic E-state index is 0.0909. The Morgan fingerprint density at radius 3 is 2.38 bits per heavy atom. The number of aliphatic carboxylic acids is 1. The molecule has 2 N–H and O–H groups in total. The molecular formula is C12H20N2O2. The van der Waals surface area contributed by atoms with E-state index in [0.717, 1.165) is 5.69 Å². The van der Waals surface area contributed by atoms with Gasteiger partial charge in [0.25, 0.3) is 0 Å². The average molecular weight is 224 g/mol. The number of rotatable bonds is 5. The zero-order chi connectivity index (χ0) is 12.3. The first-order valence-corrected chi connectivity index (χ1v) is 5.47. The van der Waals surface area contributed by atoms with E-state index in [1.807, 2.05) is 51.2 Å². The molecule has 4 heteroatoms. The molecular weight excluding hydrogens is 204 g/mol. The lowest BCUT2D eigenvalue weighted by molar-refractivity contribution is -0.146. The lowest BCUT2D eigenvalue weighted by Crippen LogP contribution is -2.35. The highest BCUT2D eigenvalue weighted by molar-refractivity contribution is 5.71. The molecule has 4 nitrogen and oxygen atoms in total. The van der Waals surface area contributed by atoms with Gasteiger partial charge >= 0.3 is 5.97 Å². The van der Waals surface area contributed by atoms with Crippen molar-refractivity contribution in [1.29, 1.82) is 0 Å². The van der Waals surface area contributed by atoms with Crippen LogP contribution in [0.1, 0.15) is 25.6 Å². The topological polar surface area (TPSA) is 56.3 Å². The van der Waals surface area contributed by atoms with Crippen LogP contribution in [0.25, 0.3) is 0 Å². The van der Waals surface area contributed by atoms with Crippen LogP contribution in [-0.2, 0) is 4.79 Å². The van der Waals surface area contributed by atoms with E-state index in [2.05, 4.69) is 4.98 Å². The molecule has 0 aliphatic carbocycles. The van der Waals surface area contributed by atoms with Gasteiger partial charge in [-0.2, -0.15) is 0 Å². The van der Waals surface area contributed by atoms with E-state index in [9.17, 15) is 9.90 Å². The quantitative estimate of drug-likeness (QED) is 0.804. The molecule has 1 rings (SSSR count). The molecule has 0 aromatic carbocycles. The molecule has 0 bridgehead atoms. The molecule has 0 spiro atoms. The first-order chi connectivity index (χ1) is 7.45. The minimum Gasteiger partial charge on any atom is -0.481 e. The lowest BCUT2D eigenvalue weighted by atomic mass is 9.86. The number of carboxylic acid groups (broad SMARTS) is 1. The summed E-state index contributed by atoms with van der Waals surface area (Å²) in [5, 5.41) is 9.32. The summed E-state index contributed by atoms with van der Waals surface area (Å²) in [6.45, 7) is 3.89. The molecule has 2 atom stereocenters. The highest BCUT2D eigenvalue weighted by Gasteiger charge is 2.34. The highest BCUT2D eigenvalue weighted by atomic mass is 16.4. The minimum atomic E-state index is -0.747. The van der Waals surface area contributed by atoms with Gasteiger partial charge in [0.05, 0.1) is 12.0 Å². The van der Waals surface area contributed by atoms with Crippen molar-refractivity contribution in [3.8, 4) is 0 Å². The zero-order valence-corrected chi connectivity index (χ0v) is 10.3. The first-order valence-electron chi connectivity index (χ1n) is 5.47. The lowest BCUT2D eigenvalue weighted by Gasteiger charge is -2.31. The smallest absolute Gasteiger partial charge is 0.308 e. The van der Waals surface area contributed by atoms with Crippen molar-refractivity contribution >= 4 is 5.97 Å². The Hall–Kier alpha value is -1.29. The van der Waals surface area contributed by atoms with Gasteiger partial charge in [0.15, 0.2) is 0 Å². The third-order valence-electron chi connectivity index (χ3n) is 2.84. The number of H-pyrrole nitrogens is 1. The highest BCUT2D eigenvalue weighted by Crippen LogP contribution is 2.31. The average Bonchev–Trinajstić information content (AvgIpc) is 2.64. The van der Waals surface area contributed by atoms with Crippen molar-refractivity contribution in [2.24, 2.45) is 11.8 Å². The Balaban J connectivity index is 3.05. The van der Waals surface area contributed by atoms with E-state index in [1.54, 1.807) is 0 Å². The monoisotopic (exact) mass is 224 g/mol. The van der Waals surface area contributed by atoms with Crippen molar-refractivity contribution in [3.05, 3.63) is 24.0 Å². The number of nitrogens with zero attached hydrogens (tertiary/aromatic N) is 1. The molecule has 0 saturated heterocycles. The molecule has 0 aliphatic rings. The largest absolute Gasteiger partial charge is 0.481 e. The van der Waals surface area contributed by atoms with Crippen molar-refractivity contribution in [3.63, 3.8) is 0 Å². The van der Waals surface area contributed by atoms with Gasteiger partial charge < -0.3 is 15.0 Å². The molecule has 0 fully saturated rings. The normalized spacial score (nSPS) is 15.4. The Kier molecular flexibility index (Phi) is 4.12. The van der Waals surface area contributed by atoms with Crippen LogP contribution in [0.3, 0.4) is 0 Å². The molecule has 16 heavy (non-hydrogen) atoms. The summed E-state index contributed by atoms with van der Waals surface area (Å²) in [6.07, 6.45) is 1.82. The van der Waals surface area contributed by atoms with Gasteiger partial charge in [-0.1, -0.05) is 13.8 Å². The third-order valence-corrected chi connectivity index (χ3v) is 2.84. The van der Waals surface area contributed by atoms with Crippen molar-refractivity contribution in [2.75, 3.05) is 14.1 Å². The number of hydrogen-bond donors (Lipinski definition) is 2. The molecule has 1 heterocycles. The number of aromatic nitrogens is 1. The van der Waals surface area contributed by atoms with Gasteiger partial charge in [0.1, 0.15) is 0 Å². The van der Waals surface area contributed by atoms with Crippen LogP contribution >= 0.6 is 0 Å². The Labute approximate surface area is 96.3 Å². The second-order valence-corrected chi connectivity index (χ2v) is 4.64. The summed E-state index contributed by atoms with van der Waals surface area (Å²) in [4.78, 5) is 16.4. The first kappa shape index (κ1) is 12.8. The second-order valence-electron chi connectivity index (χ2n) is 4.64. The predicted molar refractivity (Wildman–Crippen MR) is 63.2 cm³/mol. The van der Waals surface area contributed by atoms with Crippen LogP contribution in [0.2, 0.25) is 0 Å². The number of aromatic amines is 1. The number of hydrogen-bond acceptors (Lipinski definition) is 2. The maximum absolute atomic E-state index is 11.3. The second kappa shape index (κ2) is 5.16. The van der Waals surface area contributed by atoms with E-state index in [0.29, 0.717) is 0 Å². The van der Waals surface area contributed by atoms with Crippen LogP contribution in [0.5, 0.6) is 0 Å². The van der Waals surface area contributed by atoms with Crippen LogP contribution in [0, 0.1) is 11.8 Å². The maximum Gasteiger partial charge on any atom is 0.308 e. The standard InChI is InChI=1S/C12H20N2O2/c1-8(2)10(12(15)16)11(14(3)4)9-6-5-7-13-9/h5-8,10-11,13H,1-4H3,(H,15,16). The molecule has 2 unspecified atom stereocenters. The summed E-state index contributed by atoms with van der Waals surface area (Å²) in [6, 6.07) is 3.71. The molecule has 0 aliphatic heterocycles. The van der Waals surface area contributed by atoms with Crippen molar-refractivity contribution in [1.82, 2.24) is 9.88 Å². The summed E-state index contributed by atoms with van der Waals surface area (Å²) in [5.41, 5.74) is 0.950. The fourth-order valence-corrected chi connectivity index (χ4v) is 2.11. The van der Waals surface area contributed by atoms with Gasteiger partial charge in [-0.3, -0.25) is 4.79 Å². The summed E-state index contributed by atoms with van der Waals surface area (Å²) >= 11 is 0. The van der Waals surface area contributed by atoms with Gasteiger partial charge in [-0.25, -0.2) is 0 Å². The van der Waals surface area contributed by atoms with E-state index in [4.69, 9.17) is 0 Å². The fourth-order valence-electron chi connectivity index (χ4n) is 2.11. The van der Waals surface area contributed by atoms with Crippen LogP contribution < -0.4 is 0 Å². The van der Waals surface area contributed by atoms with E-state index in [1.165, 1.54) is 0 Å². The van der Waals surface area contributed by atoms with Crippen molar-refractivity contribution < 1.29 is 9.90 Å². The fraction of sp³-hybridized carbons (Fsp3) is 0.583. The van der Waals surface area contributed by atoms with E-state index >= 15 is 0 Å². The third kappa shape index (κ3) is 2.64. The molecule has 1 aromatic heterocycles. The molecule has 1 aromatic rings. The van der Waals surface area contributed by atoms with Crippen molar-refractivity contribution in [2.45, 2.75) is 19.9 Å². The number of carbonyl (C=O) groups is 1. The van der Waals surface area contributed by atoms with Crippen LogP contribution in [0.15, 0.2) is 18.3 Å². The molecule has 0 amide bonds. The molecule has 0 radical (unpaired) electrons. The number of carboxylic acids is 1. The van der Waals surface area contributed by atoms with Gasteiger partial charge in [-0.15, -0.1) is 0 Å². The zero-order valence-electron chi connectivity index (χ0n) is 10.3. The SMILES string of the molecule is CC(C)C(C(=O)O)C(c1ccc[nH]1)N(C)C. The van der Waals surface area contributed by atoms with Crippen LogP contribution in [0.4, 0.5) is 0 Å². The summed E-state index contributed by atoms with van der Waals surface area (Å²) in [7, 11) is 3.81. The Bertz CT molecular complexity index is 331. The Morgan fingerprint density at radius 1 is 1.44 bits per heavy atom.